The number of carbonyl (C=O) groups excluding carboxylic acids is 2. The van der Waals surface area contributed by atoms with E-state index in [9.17, 15) is 9.59 Å². The van der Waals surface area contributed by atoms with Crippen LogP contribution in [0.1, 0.15) is 37.2 Å². The van der Waals surface area contributed by atoms with Gasteiger partial charge in [0.05, 0.1) is 6.04 Å². The second kappa shape index (κ2) is 7.31. The minimum Gasteiger partial charge on any atom is -0.339 e. The van der Waals surface area contributed by atoms with Crippen LogP contribution in [0.4, 0.5) is 0 Å². The van der Waals surface area contributed by atoms with Crippen molar-refractivity contribution in [2.24, 2.45) is 0 Å². The second-order valence-corrected chi connectivity index (χ2v) is 7.70. The van der Waals surface area contributed by atoms with E-state index in [0.29, 0.717) is 18.8 Å². The van der Waals surface area contributed by atoms with Crippen LogP contribution in [0.5, 0.6) is 0 Å². The monoisotopic (exact) mass is 369 g/mol. The predicted molar refractivity (Wildman–Crippen MR) is 103 cm³/mol. The first-order chi connectivity index (χ1) is 13.0. The maximum absolute atomic E-state index is 12.8. The molecule has 2 aliphatic heterocycles. The van der Waals surface area contributed by atoms with Gasteiger partial charge >= 0.3 is 0 Å². The average Bonchev–Trinajstić information content (AvgIpc) is 3.12. The third kappa shape index (κ3) is 3.43. The number of pyridine rings is 1. The van der Waals surface area contributed by atoms with Gasteiger partial charge in [-0.05, 0) is 38.8 Å². The zero-order valence-corrected chi connectivity index (χ0v) is 16.0. The maximum atomic E-state index is 12.8. The van der Waals surface area contributed by atoms with Gasteiger partial charge in [-0.2, -0.15) is 0 Å². The molecule has 2 aromatic rings. The quantitative estimate of drug-likeness (QED) is 0.823. The minimum absolute atomic E-state index is 0.0304. The highest BCUT2D eigenvalue weighted by Gasteiger charge is 2.36. The molecular formula is C20H27N5O2. The summed E-state index contributed by atoms with van der Waals surface area (Å²) in [6, 6.07) is 5.94. The summed E-state index contributed by atoms with van der Waals surface area (Å²) < 4.78 is 1.87. The van der Waals surface area contributed by atoms with Gasteiger partial charge in [0.15, 0.2) is 0 Å². The molecule has 144 valence electrons. The van der Waals surface area contributed by atoms with Crippen molar-refractivity contribution in [3.05, 3.63) is 36.3 Å². The zero-order valence-electron chi connectivity index (χ0n) is 16.0. The van der Waals surface area contributed by atoms with E-state index in [2.05, 4.69) is 23.7 Å². The molecule has 7 nitrogen and oxygen atoms in total. The summed E-state index contributed by atoms with van der Waals surface area (Å²) in [5.74, 6) is 0.216. The Morgan fingerprint density at radius 2 is 1.93 bits per heavy atom. The molecule has 0 aromatic carbocycles. The number of rotatable bonds is 3. The summed E-state index contributed by atoms with van der Waals surface area (Å²) in [6.45, 7) is 7.76. The standard InChI is InChI=1S/C20H27N5O2/c1-15(2)25-9-5-6-17(20(25)27)22-10-12-23(13-11-22)19(26)16-14-24-8-4-3-7-18(24)21-16/h3-4,7-8,14-15,17H,5-6,9-13H2,1-2H3/t17-/m0/s1. The van der Waals surface area contributed by atoms with Crippen LogP contribution in [0, 0.1) is 0 Å². The Balaban J connectivity index is 1.39. The molecule has 4 rings (SSSR count). The van der Waals surface area contributed by atoms with Gasteiger partial charge in [0.1, 0.15) is 11.3 Å². The lowest BCUT2D eigenvalue weighted by Crippen LogP contribution is -2.59. The average molecular weight is 369 g/mol. The van der Waals surface area contributed by atoms with Crippen LogP contribution in [0.3, 0.4) is 0 Å². The van der Waals surface area contributed by atoms with Gasteiger partial charge in [-0.15, -0.1) is 0 Å². The van der Waals surface area contributed by atoms with Crippen molar-refractivity contribution in [1.82, 2.24) is 24.1 Å². The number of piperidine rings is 1. The molecule has 4 heterocycles. The number of likely N-dealkylation sites (tertiary alicyclic amines) is 1. The van der Waals surface area contributed by atoms with Gasteiger partial charge in [-0.3, -0.25) is 14.5 Å². The van der Waals surface area contributed by atoms with E-state index in [1.807, 2.05) is 38.6 Å². The highest BCUT2D eigenvalue weighted by molar-refractivity contribution is 5.93. The van der Waals surface area contributed by atoms with Crippen LogP contribution in [0.2, 0.25) is 0 Å². The highest BCUT2D eigenvalue weighted by Crippen LogP contribution is 2.21. The Morgan fingerprint density at radius 1 is 1.15 bits per heavy atom. The first-order valence-corrected chi connectivity index (χ1v) is 9.82. The van der Waals surface area contributed by atoms with Gasteiger partial charge in [0.25, 0.3) is 5.91 Å². The van der Waals surface area contributed by atoms with E-state index in [1.54, 1.807) is 6.20 Å². The fraction of sp³-hybridized carbons (Fsp3) is 0.550. The largest absolute Gasteiger partial charge is 0.339 e. The fourth-order valence-electron chi connectivity index (χ4n) is 4.17. The van der Waals surface area contributed by atoms with E-state index in [1.165, 1.54) is 0 Å². The van der Waals surface area contributed by atoms with E-state index in [4.69, 9.17) is 0 Å². The summed E-state index contributed by atoms with van der Waals surface area (Å²) in [6.07, 6.45) is 5.65. The lowest BCUT2D eigenvalue weighted by molar-refractivity contribution is -0.142. The van der Waals surface area contributed by atoms with Gasteiger partial charge < -0.3 is 14.2 Å². The molecule has 2 aliphatic rings. The molecule has 0 N–H and O–H groups in total. The Morgan fingerprint density at radius 3 is 2.63 bits per heavy atom. The fourth-order valence-corrected chi connectivity index (χ4v) is 4.17. The SMILES string of the molecule is CC(C)N1CCC[C@H](N2CCN(C(=O)c3cn4ccccc4n3)CC2)C1=O. The van der Waals surface area contributed by atoms with Crippen LogP contribution in [0.15, 0.2) is 30.6 Å². The first-order valence-electron chi connectivity index (χ1n) is 9.82. The Labute approximate surface area is 159 Å². The molecule has 27 heavy (non-hydrogen) atoms. The second-order valence-electron chi connectivity index (χ2n) is 7.70. The molecule has 2 amide bonds. The third-order valence-corrected chi connectivity index (χ3v) is 5.69. The minimum atomic E-state index is -0.0337. The lowest BCUT2D eigenvalue weighted by atomic mass is 10.0. The number of hydrogen-bond donors (Lipinski definition) is 0. The number of aromatic nitrogens is 2. The molecule has 0 aliphatic carbocycles. The van der Waals surface area contributed by atoms with Crippen molar-refractivity contribution in [2.45, 2.75) is 38.8 Å². The normalized spacial score (nSPS) is 22.0. The van der Waals surface area contributed by atoms with E-state index >= 15 is 0 Å². The van der Waals surface area contributed by atoms with E-state index in [-0.39, 0.29) is 23.9 Å². The molecule has 2 aromatic heterocycles. The van der Waals surface area contributed by atoms with Crippen LogP contribution in [-0.2, 0) is 4.79 Å². The van der Waals surface area contributed by atoms with Gasteiger partial charge in [-0.1, -0.05) is 6.07 Å². The van der Waals surface area contributed by atoms with Crippen molar-refractivity contribution in [2.75, 3.05) is 32.7 Å². The van der Waals surface area contributed by atoms with Gasteiger partial charge in [-0.25, -0.2) is 4.98 Å². The van der Waals surface area contributed by atoms with Crippen molar-refractivity contribution >= 4 is 17.5 Å². The topological polar surface area (TPSA) is 61.2 Å². The molecule has 7 heteroatoms. The van der Waals surface area contributed by atoms with Crippen LogP contribution < -0.4 is 0 Å². The molecule has 0 bridgehead atoms. The van der Waals surface area contributed by atoms with Crippen molar-refractivity contribution < 1.29 is 9.59 Å². The Bertz CT molecular complexity index is 805. The van der Waals surface area contributed by atoms with Crippen LogP contribution in [-0.4, -0.2) is 80.7 Å². The summed E-state index contributed by atoms with van der Waals surface area (Å²) in [5.41, 5.74) is 1.26. The number of hydrogen-bond acceptors (Lipinski definition) is 4. The van der Waals surface area contributed by atoms with Crippen molar-refractivity contribution in [1.29, 1.82) is 0 Å². The summed E-state index contributed by atoms with van der Waals surface area (Å²) in [4.78, 5) is 36.1. The Hall–Kier alpha value is -2.41. The molecule has 2 saturated heterocycles. The van der Waals surface area contributed by atoms with E-state index < -0.39 is 0 Å². The number of imidazole rings is 1. The molecular weight excluding hydrogens is 342 g/mol. The smallest absolute Gasteiger partial charge is 0.274 e. The lowest BCUT2D eigenvalue weighted by Gasteiger charge is -2.43. The molecule has 0 unspecified atom stereocenters. The molecule has 0 spiro atoms. The number of piperazine rings is 1. The Kier molecular flexibility index (Phi) is 4.86. The summed E-state index contributed by atoms with van der Waals surface area (Å²) in [5, 5.41) is 0. The third-order valence-electron chi connectivity index (χ3n) is 5.69. The predicted octanol–water partition coefficient (Wildman–Crippen LogP) is 1.49. The summed E-state index contributed by atoms with van der Waals surface area (Å²) >= 11 is 0. The van der Waals surface area contributed by atoms with Crippen LogP contribution >= 0.6 is 0 Å². The van der Waals surface area contributed by atoms with Crippen molar-refractivity contribution in [3.63, 3.8) is 0 Å². The number of carbonyl (C=O) groups is 2. The maximum Gasteiger partial charge on any atom is 0.274 e. The van der Waals surface area contributed by atoms with E-state index in [0.717, 1.165) is 38.1 Å². The number of nitrogens with zero attached hydrogens (tertiary/aromatic N) is 5. The van der Waals surface area contributed by atoms with Crippen LogP contribution in [0.25, 0.3) is 5.65 Å². The molecule has 0 saturated carbocycles. The highest BCUT2D eigenvalue weighted by atomic mass is 16.2. The molecule has 0 radical (unpaired) electrons. The molecule has 1 atom stereocenters. The van der Waals surface area contributed by atoms with Gasteiger partial charge in [0, 0.05) is 51.2 Å². The van der Waals surface area contributed by atoms with Crippen molar-refractivity contribution in [3.8, 4) is 0 Å². The first kappa shape index (κ1) is 18.0. The van der Waals surface area contributed by atoms with Gasteiger partial charge in [0.2, 0.25) is 5.91 Å². The number of fused-ring (bicyclic) bond motifs is 1. The molecule has 2 fully saturated rings. The zero-order chi connectivity index (χ0) is 19.0. The summed E-state index contributed by atoms with van der Waals surface area (Å²) in [7, 11) is 0. The number of amides is 2.